The highest BCUT2D eigenvalue weighted by molar-refractivity contribution is 7.09. The van der Waals surface area contributed by atoms with Gasteiger partial charge in [-0.05, 0) is 52.6 Å². The summed E-state index contributed by atoms with van der Waals surface area (Å²) in [4.78, 5) is 18.5. The lowest BCUT2D eigenvalue weighted by molar-refractivity contribution is -0.120. The maximum Gasteiger partial charge on any atom is 0.226 e. The van der Waals surface area contributed by atoms with Gasteiger partial charge in [-0.25, -0.2) is 4.98 Å². The van der Waals surface area contributed by atoms with Crippen LogP contribution in [-0.4, -0.2) is 42.5 Å². The van der Waals surface area contributed by atoms with E-state index in [-0.39, 0.29) is 5.91 Å². The monoisotopic (exact) mass is 295 g/mol. The normalized spacial score (nSPS) is 23.0. The zero-order valence-corrected chi connectivity index (χ0v) is 13.5. The molecule has 0 spiro atoms. The molecule has 0 aromatic carbocycles. The van der Waals surface area contributed by atoms with Crippen LogP contribution in [0.25, 0.3) is 0 Å². The van der Waals surface area contributed by atoms with Crippen LogP contribution in [0.5, 0.6) is 0 Å². The highest BCUT2D eigenvalue weighted by atomic mass is 32.1. The number of carbonyl (C=O) groups excluding carboxylic acids is 1. The van der Waals surface area contributed by atoms with E-state index in [0.29, 0.717) is 12.3 Å². The van der Waals surface area contributed by atoms with Crippen molar-refractivity contribution in [1.82, 2.24) is 15.2 Å². The van der Waals surface area contributed by atoms with Crippen LogP contribution < -0.4 is 5.32 Å². The summed E-state index contributed by atoms with van der Waals surface area (Å²) in [7, 11) is 4.31. The second-order valence-electron chi connectivity index (χ2n) is 5.98. The standard InChI is InChI=1S/C15H25N3OS/c1-11-17-13(10-20-11)8-15(19)16-9-12-4-6-14(7-5-12)18(2)3/h10,12,14H,4-9H2,1-3H3,(H,16,19). The molecule has 0 atom stereocenters. The third-order valence-electron chi connectivity index (χ3n) is 4.14. The van der Waals surface area contributed by atoms with Crippen LogP contribution in [-0.2, 0) is 11.2 Å². The van der Waals surface area contributed by atoms with Gasteiger partial charge >= 0.3 is 0 Å². The predicted octanol–water partition coefficient (Wildman–Crippen LogP) is 2.23. The third kappa shape index (κ3) is 4.56. The maximum atomic E-state index is 11.9. The van der Waals surface area contributed by atoms with Gasteiger partial charge in [0, 0.05) is 18.0 Å². The minimum absolute atomic E-state index is 0.102. The summed E-state index contributed by atoms with van der Waals surface area (Å²) in [5, 5.41) is 6.06. The summed E-state index contributed by atoms with van der Waals surface area (Å²) in [6.07, 6.45) is 5.35. The van der Waals surface area contributed by atoms with Crippen molar-refractivity contribution < 1.29 is 4.79 Å². The molecule has 1 aromatic heterocycles. The summed E-state index contributed by atoms with van der Waals surface area (Å²) in [6.45, 7) is 2.79. The van der Waals surface area contributed by atoms with Gasteiger partial charge < -0.3 is 10.2 Å². The molecule has 1 aliphatic carbocycles. The second kappa shape index (κ2) is 7.18. The third-order valence-corrected chi connectivity index (χ3v) is 4.97. The first-order valence-corrected chi connectivity index (χ1v) is 8.26. The van der Waals surface area contributed by atoms with E-state index >= 15 is 0 Å². The first-order chi connectivity index (χ1) is 9.54. The Hall–Kier alpha value is -0.940. The zero-order chi connectivity index (χ0) is 14.5. The average molecular weight is 295 g/mol. The molecule has 4 nitrogen and oxygen atoms in total. The number of nitrogens with zero attached hydrogens (tertiary/aromatic N) is 2. The fraction of sp³-hybridized carbons (Fsp3) is 0.733. The van der Waals surface area contributed by atoms with Gasteiger partial charge in [-0.1, -0.05) is 0 Å². The molecule has 1 aliphatic rings. The van der Waals surface area contributed by atoms with E-state index in [2.05, 4.69) is 29.3 Å². The van der Waals surface area contributed by atoms with E-state index in [4.69, 9.17) is 0 Å². The highest BCUT2D eigenvalue weighted by Crippen LogP contribution is 2.25. The van der Waals surface area contributed by atoms with Crippen molar-refractivity contribution in [3.63, 3.8) is 0 Å². The lowest BCUT2D eigenvalue weighted by Gasteiger charge is -2.32. The number of nitrogens with one attached hydrogen (secondary N) is 1. The molecule has 0 saturated heterocycles. The van der Waals surface area contributed by atoms with E-state index in [1.165, 1.54) is 25.7 Å². The molecule has 1 saturated carbocycles. The molecule has 0 unspecified atom stereocenters. The molecule has 0 radical (unpaired) electrons. The Labute approximate surface area is 125 Å². The quantitative estimate of drug-likeness (QED) is 0.906. The Morgan fingerprint density at radius 3 is 2.65 bits per heavy atom. The van der Waals surface area contributed by atoms with Crippen LogP contribution >= 0.6 is 11.3 Å². The number of carbonyl (C=O) groups is 1. The highest BCUT2D eigenvalue weighted by Gasteiger charge is 2.22. The van der Waals surface area contributed by atoms with Gasteiger partial charge in [-0.15, -0.1) is 11.3 Å². The molecule has 1 amide bonds. The number of rotatable bonds is 5. The smallest absolute Gasteiger partial charge is 0.226 e. The largest absolute Gasteiger partial charge is 0.355 e. The van der Waals surface area contributed by atoms with Gasteiger partial charge in [0.1, 0.15) is 0 Å². The van der Waals surface area contributed by atoms with Crippen LogP contribution in [0.4, 0.5) is 0 Å². The lowest BCUT2D eigenvalue weighted by atomic mass is 9.85. The molecular weight excluding hydrogens is 270 g/mol. The van der Waals surface area contributed by atoms with E-state index in [0.717, 1.165) is 23.3 Å². The summed E-state index contributed by atoms with van der Waals surface area (Å²) in [6, 6.07) is 0.722. The summed E-state index contributed by atoms with van der Waals surface area (Å²) >= 11 is 1.60. The lowest BCUT2D eigenvalue weighted by Crippen LogP contribution is -2.36. The summed E-state index contributed by atoms with van der Waals surface area (Å²) in [5.74, 6) is 0.748. The molecule has 0 aliphatic heterocycles. The number of amides is 1. The predicted molar refractivity (Wildman–Crippen MR) is 83.0 cm³/mol. The topological polar surface area (TPSA) is 45.2 Å². The van der Waals surface area contributed by atoms with E-state index in [1.807, 2.05) is 12.3 Å². The van der Waals surface area contributed by atoms with Gasteiger partial charge in [-0.2, -0.15) is 0 Å². The van der Waals surface area contributed by atoms with Gasteiger partial charge in [0.05, 0.1) is 17.1 Å². The van der Waals surface area contributed by atoms with Crippen molar-refractivity contribution >= 4 is 17.2 Å². The first kappa shape index (κ1) is 15.4. The Morgan fingerprint density at radius 2 is 2.10 bits per heavy atom. The molecule has 1 N–H and O–H groups in total. The molecule has 1 fully saturated rings. The number of hydrogen-bond acceptors (Lipinski definition) is 4. The molecule has 112 valence electrons. The zero-order valence-electron chi connectivity index (χ0n) is 12.7. The van der Waals surface area contributed by atoms with Crippen LogP contribution in [0.1, 0.15) is 36.4 Å². The van der Waals surface area contributed by atoms with E-state index in [9.17, 15) is 4.79 Å². The Kier molecular flexibility index (Phi) is 5.54. The molecule has 0 bridgehead atoms. The fourth-order valence-corrected chi connectivity index (χ4v) is 3.45. The Morgan fingerprint density at radius 1 is 1.40 bits per heavy atom. The van der Waals surface area contributed by atoms with Crippen LogP contribution in [0, 0.1) is 12.8 Å². The van der Waals surface area contributed by atoms with Gasteiger partial charge in [0.15, 0.2) is 0 Å². The van der Waals surface area contributed by atoms with Crippen molar-refractivity contribution in [3.8, 4) is 0 Å². The minimum atomic E-state index is 0.102. The van der Waals surface area contributed by atoms with Crippen molar-refractivity contribution in [2.45, 2.75) is 45.1 Å². The molecular formula is C15H25N3OS. The summed E-state index contributed by atoms with van der Waals surface area (Å²) < 4.78 is 0. The maximum absolute atomic E-state index is 11.9. The number of hydrogen-bond donors (Lipinski definition) is 1. The Balaban J connectivity index is 1.67. The molecule has 1 aromatic rings. The molecule has 5 heteroatoms. The number of thiazole rings is 1. The average Bonchev–Trinajstić information content (AvgIpc) is 2.82. The van der Waals surface area contributed by atoms with Crippen molar-refractivity contribution in [2.24, 2.45) is 5.92 Å². The van der Waals surface area contributed by atoms with Gasteiger partial charge in [-0.3, -0.25) is 4.79 Å². The van der Waals surface area contributed by atoms with Crippen molar-refractivity contribution in [1.29, 1.82) is 0 Å². The number of aryl methyl sites for hydroxylation is 1. The first-order valence-electron chi connectivity index (χ1n) is 7.38. The minimum Gasteiger partial charge on any atom is -0.355 e. The van der Waals surface area contributed by atoms with Gasteiger partial charge in [0.25, 0.3) is 0 Å². The van der Waals surface area contributed by atoms with Crippen molar-refractivity contribution in [3.05, 3.63) is 16.1 Å². The molecule has 2 rings (SSSR count). The van der Waals surface area contributed by atoms with E-state index in [1.54, 1.807) is 11.3 Å². The molecule has 1 heterocycles. The van der Waals surface area contributed by atoms with Crippen LogP contribution in [0.3, 0.4) is 0 Å². The van der Waals surface area contributed by atoms with Gasteiger partial charge in [0.2, 0.25) is 5.91 Å². The number of aromatic nitrogens is 1. The van der Waals surface area contributed by atoms with Crippen molar-refractivity contribution in [2.75, 3.05) is 20.6 Å². The Bertz CT molecular complexity index is 436. The summed E-state index contributed by atoms with van der Waals surface area (Å²) in [5.41, 5.74) is 0.890. The van der Waals surface area contributed by atoms with E-state index < -0.39 is 0 Å². The van der Waals surface area contributed by atoms with Crippen LogP contribution in [0.15, 0.2) is 5.38 Å². The molecule has 20 heavy (non-hydrogen) atoms. The van der Waals surface area contributed by atoms with Crippen LogP contribution in [0.2, 0.25) is 0 Å². The SMILES string of the molecule is Cc1nc(CC(=O)NCC2CCC(N(C)C)CC2)cs1. The second-order valence-corrected chi connectivity index (χ2v) is 7.04. The fourth-order valence-electron chi connectivity index (χ4n) is 2.84.